The Labute approximate surface area is 161 Å². The molecule has 5 rings (SSSR count). The van der Waals surface area contributed by atoms with Gasteiger partial charge in [-0.2, -0.15) is 0 Å². The molecular weight excluding hydrogens is 352 g/mol. The first-order valence-electron chi connectivity index (χ1n) is 9.48. The summed E-state index contributed by atoms with van der Waals surface area (Å²) >= 11 is 0. The molecular formula is C22H20N4O2. The zero-order chi connectivity index (χ0) is 19.3. The number of carbonyl (C=O) groups excluding carboxylic acids is 1. The highest BCUT2D eigenvalue weighted by atomic mass is 16.2. The largest absolute Gasteiger partial charge is 0.329 e. The molecule has 28 heavy (non-hydrogen) atoms. The van der Waals surface area contributed by atoms with Gasteiger partial charge in [0.05, 0.1) is 22.6 Å². The molecule has 1 aliphatic rings. The number of hydrogen-bond donors (Lipinski definition) is 1. The van der Waals surface area contributed by atoms with Crippen molar-refractivity contribution in [3.8, 4) is 0 Å². The van der Waals surface area contributed by atoms with E-state index >= 15 is 0 Å². The zero-order valence-electron chi connectivity index (χ0n) is 15.6. The molecule has 0 saturated carbocycles. The number of amides is 1. The van der Waals surface area contributed by atoms with E-state index in [0.717, 1.165) is 29.7 Å². The van der Waals surface area contributed by atoms with E-state index in [-0.39, 0.29) is 17.5 Å². The number of benzene rings is 2. The molecule has 1 saturated heterocycles. The normalized spacial score (nSPS) is 16.9. The van der Waals surface area contributed by atoms with Crippen molar-refractivity contribution in [3.05, 3.63) is 76.5 Å². The Morgan fingerprint density at radius 1 is 1.11 bits per heavy atom. The molecule has 6 heteroatoms. The standard InChI is InChI=1S/C22H20N4O2/c1-25-18-10-5-4-9-17(18)24-20(25)19-11-6-12-26(19)22(28)16-13-23-21(27)15-8-3-2-7-14(15)16/h2-5,7-10,13,19H,6,11-12H2,1H3,(H,23,27). The van der Waals surface area contributed by atoms with Gasteiger partial charge in [-0.1, -0.05) is 30.3 Å². The van der Waals surface area contributed by atoms with Gasteiger partial charge in [-0.3, -0.25) is 9.59 Å². The number of hydrogen-bond acceptors (Lipinski definition) is 3. The first kappa shape index (κ1) is 16.7. The summed E-state index contributed by atoms with van der Waals surface area (Å²) in [5.74, 6) is 0.836. The number of nitrogens with one attached hydrogen (secondary N) is 1. The first-order valence-corrected chi connectivity index (χ1v) is 9.48. The van der Waals surface area contributed by atoms with Crippen molar-refractivity contribution in [2.75, 3.05) is 6.54 Å². The minimum Gasteiger partial charge on any atom is -0.329 e. The summed E-state index contributed by atoms with van der Waals surface area (Å²) < 4.78 is 2.08. The van der Waals surface area contributed by atoms with Crippen molar-refractivity contribution in [1.29, 1.82) is 0 Å². The van der Waals surface area contributed by atoms with Gasteiger partial charge in [-0.05, 0) is 31.0 Å². The van der Waals surface area contributed by atoms with Gasteiger partial charge in [-0.25, -0.2) is 4.98 Å². The van der Waals surface area contributed by atoms with Gasteiger partial charge < -0.3 is 14.5 Å². The van der Waals surface area contributed by atoms with Crippen LogP contribution < -0.4 is 5.56 Å². The number of para-hydroxylation sites is 2. The lowest BCUT2D eigenvalue weighted by molar-refractivity contribution is 0.0730. The molecule has 0 aliphatic carbocycles. The van der Waals surface area contributed by atoms with Crippen LogP contribution in [0.1, 0.15) is 35.1 Å². The lowest BCUT2D eigenvalue weighted by Gasteiger charge is -2.25. The molecule has 4 aromatic rings. The number of pyridine rings is 1. The number of H-pyrrole nitrogens is 1. The molecule has 1 fully saturated rings. The molecule has 1 N–H and O–H groups in total. The summed E-state index contributed by atoms with van der Waals surface area (Å²) in [5.41, 5.74) is 2.35. The van der Waals surface area contributed by atoms with Crippen molar-refractivity contribution < 1.29 is 4.79 Å². The third-order valence-corrected chi connectivity index (χ3v) is 5.67. The molecule has 1 aliphatic heterocycles. The maximum atomic E-state index is 13.4. The Kier molecular flexibility index (Phi) is 3.79. The molecule has 1 unspecified atom stereocenters. The maximum absolute atomic E-state index is 13.4. The molecule has 3 heterocycles. The highest BCUT2D eigenvalue weighted by molar-refractivity contribution is 6.06. The average Bonchev–Trinajstić information content (AvgIpc) is 3.33. The van der Waals surface area contributed by atoms with Crippen LogP contribution in [0.5, 0.6) is 0 Å². The third-order valence-electron chi connectivity index (χ3n) is 5.67. The zero-order valence-corrected chi connectivity index (χ0v) is 15.6. The van der Waals surface area contributed by atoms with Gasteiger partial charge in [0.25, 0.3) is 11.5 Å². The minimum atomic E-state index is -0.180. The van der Waals surface area contributed by atoms with Crippen molar-refractivity contribution in [2.45, 2.75) is 18.9 Å². The second kappa shape index (κ2) is 6.34. The number of likely N-dealkylation sites (tertiary alicyclic amines) is 1. The van der Waals surface area contributed by atoms with E-state index in [1.54, 1.807) is 6.07 Å². The highest BCUT2D eigenvalue weighted by Gasteiger charge is 2.34. The monoisotopic (exact) mass is 372 g/mol. The van der Waals surface area contributed by atoms with E-state index in [0.29, 0.717) is 22.9 Å². The van der Waals surface area contributed by atoms with Crippen molar-refractivity contribution in [2.24, 2.45) is 7.05 Å². The number of carbonyl (C=O) groups is 1. The smallest absolute Gasteiger partial charge is 0.256 e. The Balaban J connectivity index is 1.59. The van der Waals surface area contributed by atoms with E-state index in [1.165, 1.54) is 6.20 Å². The van der Waals surface area contributed by atoms with Gasteiger partial charge >= 0.3 is 0 Å². The number of nitrogens with zero attached hydrogens (tertiary/aromatic N) is 3. The molecule has 1 atom stereocenters. The van der Waals surface area contributed by atoms with Crippen LogP contribution in [0.15, 0.2) is 59.5 Å². The fourth-order valence-corrected chi connectivity index (χ4v) is 4.28. The Morgan fingerprint density at radius 2 is 1.86 bits per heavy atom. The summed E-state index contributed by atoms with van der Waals surface area (Å²) in [6.07, 6.45) is 3.35. The second-order valence-corrected chi connectivity index (χ2v) is 7.25. The van der Waals surface area contributed by atoms with Gasteiger partial charge in [0.15, 0.2) is 0 Å². The number of aromatic nitrogens is 3. The van der Waals surface area contributed by atoms with E-state index in [4.69, 9.17) is 4.98 Å². The predicted octanol–water partition coefficient (Wildman–Crippen LogP) is 3.39. The third kappa shape index (κ3) is 2.45. The number of aromatic amines is 1. The Bertz CT molecular complexity index is 1270. The molecule has 0 radical (unpaired) electrons. The maximum Gasteiger partial charge on any atom is 0.256 e. The van der Waals surface area contributed by atoms with Crippen LogP contribution in [0, 0.1) is 0 Å². The van der Waals surface area contributed by atoms with E-state index < -0.39 is 0 Å². The van der Waals surface area contributed by atoms with Gasteiger partial charge in [0, 0.05) is 30.6 Å². The van der Waals surface area contributed by atoms with Crippen molar-refractivity contribution >= 4 is 27.7 Å². The molecule has 0 spiro atoms. The summed E-state index contributed by atoms with van der Waals surface area (Å²) in [5, 5.41) is 1.22. The van der Waals surface area contributed by atoms with Crippen LogP contribution in [0.2, 0.25) is 0 Å². The molecule has 6 nitrogen and oxygen atoms in total. The van der Waals surface area contributed by atoms with Gasteiger partial charge in [0.2, 0.25) is 0 Å². The number of aryl methyl sites for hydroxylation is 1. The van der Waals surface area contributed by atoms with E-state index in [1.807, 2.05) is 54.4 Å². The molecule has 140 valence electrons. The number of rotatable bonds is 2. The van der Waals surface area contributed by atoms with Crippen LogP contribution in [0.3, 0.4) is 0 Å². The summed E-state index contributed by atoms with van der Waals surface area (Å²) in [7, 11) is 2.00. The SMILES string of the molecule is Cn1c(C2CCCN2C(=O)c2c[nH]c(=O)c3ccccc23)nc2ccccc21. The molecule has 0 bridgehead atoms. The van der Waals surface area contributed by atoms with E-state index in [2.05, 4.69) is 9.55 Å². The number of fused-ring (bicyclic) bond motifs is 2. The fraction of sp³-hybridized carbons (Fsp3) is 0.227. The predicted molar refractivity (Wildman–Crippen MR) is 108 cm³/mol. The molecule has 2 aromatic carbocycles. The topological polar surface area (TPSA) is 71.0 Å². The quantitative estimate of drug-likeness (QED) is 0.586. The van der Waals surface area contributed by atoms with Gasteiger partial charge in [0.1, 0.15) is 5.82 Å². The second-order valence-electron chi connectivity index (χ2n) is 7.25. The molecule has 1 amide bonds. The van der Waals surface area contributed by atoms with Gasteiger partial charge in [-0.15, -0.1) is 0 Å². The Hall–Kier alpha value is -3.41. The van der Waals surface area contributed by atoms with Crippen LogP contribution in [0.25, 0.3) is 21.8 Å². The molecule has 2 aromatic heterocycles. The van der Waals surface area contributed by atoms with Crippen LogP contribution >= 0.6 is 0 Å². The summed E-state index contributed by atoms with van der Waals surface area (Å²) in [6, 6.07) is 15.2. The minimum absolute atomic E-state index is 0.0676. The van der Waals surface area contributed by atoms with E-state index in [9.17, 15) is 9.59 Å². The van der Waals surface area contributed by atoms with Crippen LogP contribution in [0.4, 0.5) is 0 Å². The van der Waals surface area contributed by atoms with Crippen molar-refractivity contribution in [3.63, 3.8) is 0 Å². The summed E-state index contributed by atoms with van der Waals surface area (Å²) in [6.45, 7) is 0.681. The average molecular weight is 372 g/mol. The lowest BCUT2D eigenvalue weighted by atomic mass is 10.1. The fourth-order valence-electron chi connectivity index (χ4n) is 4.28. The lowest BCUT2D eigenvalue weighted by Crippen LogP contribution is -2.32. The highest BCUT2D eigenvalue weighted by Crippen LogP contribution is 2.34. The Morgan fingerprint density at radius 3 is 2.68 bits per heavy atom. The first-order chi connectivity index (χ1) is 13.6. The summed E-state index contributed by atoms with van der Waals surface area (Å²) in [4.78, 5) is 35.0. The van der Waals surface area contributed by atoms with Crippen LogP contribution in [-0.4, -0.2) is 31.9 Å². The van der Waals surface area contributed by atoms with Crippen LogP contribution in [-0.2, 0) is 7.05 Å². The number of imidazole rings is 1. The van der Waals surface area contributed by atoms with Crippen molar-refractivity contribution in [1.82, 2.24) is 19.4 Å².